The summed E-state index contributed by atoms with van der Waals surface area (Å²) < 4.78 is 4.40. The summed E-state index contributed by atoms with van der Waals surface area (Å²) in [5, 5.41) is 62.1. The van der Waals surface area contributed by atoms with Gasteiger partial charge in [-0.05, 0) is 67.5 Å². The van der Waals surface area contributed by atoms with Crippen LogP contribution in [0, 0.1) is 10.4 Å². The van der Waals surface area contributed by atoms with Gasteiger partial charge in [-0.25, -0.2) is 14.3 Å². The highest BCUT2D eigenvalue weighted by molar-refractivity contribution is 5.96. The van der Waals surface area contributed by atoms with E-state index in [0.717, 1.165) is 19.6 Å². The van der Waals surface area contributed by atoms with Crippen molar-refractivity contribution in [1.82, 2.24) is 34.7 Å². The Morgan fingerprint density at radius 2 is 1.05 bits per heavy atom. The standard InChI is InChI=1S/C25H31N9O4/c1-22(2)23(3,4)32(36)20(31(22)35)16-12-26-29(14-16)18-10-9-11-19(28-18)30-15-17(13-27-30)21-33(37)24(5,6)25(7,8)34(21)38/h9-15H,1-8H3. The molecule has 0 atom stereocenters. The highest BCUT2D eigenvalue weighted by Crippen LogP contribution is 2.38. The van der Waals surface area contributed by atoms with Crippen LogP contribution in [0.4, 0.5) is 0 Å². The molecule has 0 saturated carbocycles. The van der Waals surface area contributed by atoms with Gasteiger partial charge in [0.1, 0.15) is 22.2 Å². The third-order valence-corrected chi connectivity index (χ3v) is 8.67. The average Bonchev–Trinajstić information content (AvgIpc) is 3.58. The highest BCUT2D eigenvalue weighted by atomic mass is 16.5. The Hall–Kier alpha value is -3.97. The average molecular weight is 522 g/mol. The summed E-state index contributed by atoms with van der Waals surface area (Å²) in [6.45, 7) is 13.9. The molecular formula is C25H31N9O4. The minimum Gasteiger partial charge on any atom is -0.714 e. The van der Waals surface area contributed by atoms with E-state index in [1.165, 1.54) is 21.8 Å². The molecule has 2 aliphatic heterocycles. The molecule has 3 aromatic rings. The van der Waals surface area contributed by atoms with E-state index in [9.17, 15) is 20.8 Å². The summed E-state index contributed by atoms with van der Waals surface area (Å²) in [4.78, 5) is 4.60. The van der Waals surface area contributed by atoms with Crippen molar-refractivity contribution in [1.29, 1.82) is 0 Å². The van der Waals surface area contributed by atoms with Crippen molar-refractivity contribution in [2.24, 2.45) is 0 Å². The van der Waals surface area contributed by atoms with Crippen molar-refractivity contribution < 1.29 is 19.9 Å². The fraction of sp³-hybridized carbons (Fsp3) is 0.480. The van der Waals surface area contributed by atoms with E-state index in [2.05, 4.69) is 15.2 Å². The molecule has 38 heavy (non-hydrogen) atoms. The Labute approximate surface area is 220 Å². The molecule has 0 spiro atoms. The zero-order chi connectivity index (χ0) is 28.0. The summed E-state index contributed by atoms with van der Waals surface area (Å²) in [5.74, 6) is 0.819. The Kier molecular flexibility index (Phi) is 5.25. The molecule has 200 valence electrons. The minimum absolute atomic E-state index is 0.0112. The van der Waals surface area contributed by atoms with Crippen LogP contribution in [0.15, 0.2) is 43.0 Å². The maximum atomic E-state index is 13.0. The Morgan fingerprint density at radius 3 is 1.37 bits per heavy atom. The lowest BCUT2D eigenvalue weighted by Crippen LogP contribution is -2.53. The molecule has 2 aliphatic rings. The Bertz CT molecular complexity index is 1390. The zero-order valence-electron chi connectivity index (χ0n) is 22.7. The van der Waals surface area contributed by atoms with Gasteiger partial charge in [-0.3, -0.25) is 9.48 Å². The fourth-order valence-electron chi connectivity index (χ4n) is 4.48. The van der Waals surface area contributed by atoms with Gasteiger partial charge in [0.15, 0.2) is 22.7 Å². The molecule has 13 nitrogen and oxygen atoms in total. The van der Waals surface area contributed by atoms with E-state index in [4.69, 9.17) is 0 Å². The van der Waals surface area contributed by atoms with Crippen LogP contribution in [-0.2, 0) is 10.4 Å². The first-order valence-corrected chi connectivity index (χ1v) is 12.2. The lowest BCUT2D eigenvalue weighted by Gasteiger charge is -2.32. The van der Waals surface area contributed by atoms with Gasteiger partial charge in [0.05, 0.1) is 12.4 Å². The number of aromatic nitrogens is 5. The van der Waals surface area contributed by atoms with Crippen LogP contribution >= 0.6 is 0 Å². The third-order valence-electron chi connectivity index (χ3n) is 8.67. The van der Waals surface area contributed by atoms with Crippen LogP contribution in [0.3, 0.4) is 0 Å². The summed E-state index contributed by atoms with van der Waals surface area (Å²) in [5.41, 5.74) is -3.02. The highest BCUT2D eigenvalue weighted by Gasteiger charge is 2.61. The SMILES string of the molecule is CC1(C)N([O])C(c2cnn(-c3cccc(-n4cc(C5=[N+]([O-])C(C)(C)C(C)(C)N5[O])cn4)n3)c2)=[N+]([O-])C1(C)C. The molecule has 3 aromatic heterocycles. The molecule has 0 unspecified atom stereocenters. The molecule has 0 bridgehead atoms. The first-order valence-electron chi connectivity index (χ1n) is 12.2. The lowest BCUT2D eigenvalue weighted by molar-refractivity contribution is -0.539. The fourth-order valence-corrected chi connectivity index (χ4v) is 4.48. The Morgan fingerprint density at radius 1 is 0.684 bits per heavy atom. The third kappa shape index (κ3) is 3.21. The first kappa shape index (κ1) is 25.7. The van der Waals surface area contributed by atoms with E-state index in [1.807, 2.05) is 0 Å². The van der Waals surface area contributed by atoms with Crippen LogP contribution in [-0.4, -0.2) is 78.0 Å². The zero-order valence-corrected chi connectivity index (χ0v) is 22.7. The van der Waals surface area contributed by atoms with Gasteiger partial charge in [0.25, 0.3) is 0 Å². The normalized spacial score (nSPS) is 21.6. The quantitative estimate of drug-likeness (QED) is 0.378. The molecule has 2 radical (unpaired) electrons. The van der Waals surface area contributed by atoms with E-state index < -0.39 is 22.2 Å². The van der Waals surface area contributed by atoms with Crippen LogP contribution in [0.25, 0.3) is 11.6 Å². The second-order valence-electron chi connectivity index (χ2n) is 11.8. The monoisotopic (exact) mass is 521 g/mol. The maximum absolute atomic E-state index is 13.0. The van der Waals surface area contributed by atoms with Crippen molar-refractivity contribution in [2.75, 3.05) is 0 Å². The van der Waals surface area contributed by atoms with Gasteiger partial charge < -0.3 is 10.4 Å². The number of hydroxylamine groups is 6. The van der Waals surface area contributed by atoms with Crippen LogP contribution in [0.5, 0.6) is 0 Å². The van der Waals surface area contributed by atoms with Gasteiger partial charge >= 0.3 is 11.7 Å². The second-order valence-corrected chi connectivity index (χ2v) is 11.8. The number of pyridine rings is 1. The molecule has 13 heteroatoms. The van der Waals surface area contributed by atoms with E-state index in [1.54, 1.807) is 86.0 Å². The molecular weight excluding hydrogens is 490 g/mol. The van der Waals surface area contributed by atoms with Gasteiger partial charge in [-0.2, -0.15) is 10.2 Å². The van der Waals surface area contributed by atoms with Crippen LogP contribution in [0.1, 0.15) is 66.5 Å². The molecule has 0 amide bonds. The van der Waals surface area contributed by atoms with Crippen LogP contribution < -0.4 is 0 Å². The number of rotatable bonds is 4. The summed E-state index contributed by atoms with van der Waals surface area (Å²) in [6.07, 6.45) is 6.06. The summed E-state index contributed by atoms with van der Waals surface area (Å²) >= 11 is 0. The second kappa shape index (κ2) is 7.77. The van der Waals surface area contributed by atoms with Crippen molar-refractivity contribution >= 4 is 11.7 Å². The smallest absolute Gasteiger partial charge is 0.319 e. The first-order chi connectivity index (χ1) is 17.5. The van der Waals surface area contributed by atoms with Gasteiger partial charge in [0.2, 0.25) is 0 Å². The topological polar surface area (TPSA) is 147 Å². The van der Waals surface area contributed by atoms with Crippen molar-refractivity contribution in [3.05, 3.63) is 64.5 Å². The van der Waals surface area contributed by atoms with Crippen molar-refractivity contribution in [3.8, 4) is 11.6 Å². The number of amidine groups is 2. The van der Waals surface area contributed by atoms with E-state index in [-0.39, 0.29) is 11.7 Å². The molecule has 5 rings (SSSR count). The molecule has 0 N–H and O–H groups in total. The molecule has 5 heterocycles. The lowest BCUT2D eigenvalue weighted by atomic mass is 9.84. The largest absolute Gasteiger partial charge is 0.714 e. The predicted octanol–water partition coefficient (Wildman–Crippen LogP) is 2.40. The van der Waals surface area contributed by atoms with Crippen molar-refractivity contribution in [2.45, 2.75) is 77.5 Å². The summed E-state index contributed by atoms with van der Waals surface area (Å²) in [6, 6.07) is 5.19. The molecule has 0 saturated heterocycles. The maximum Gasteiger partial charge on any atom is 0.319 e. The number of nitrogens with zero attached hydrogens (tertiary/aromatic N) is 9. The molecule has 0 aromatic carbocycles. The Balaban J connectivity index is 1.47. The number of hydrogen-bond acceptors (Lipinski definition) is 7. The minimum atomic E-state index is -0.941. The predicted molar refractivity (Wildman–Crippen MR) is 135 cm³/mol. The van der Waals surface area contributed by atoms with Crippen LogP contribution in [0.2, 0.25) is 0 Å². The van der Waals surface area contributed by atoms with E-state index in [0.29, 0.717) is 22.8 Å². The number of hydrogen-bond donors (Lipinski definition) is 0. The summed E-state index contributed by atoms with van der Waals surface area (Å²) in [7, 11) is 0. The van der Waals surface area contributed by atoms with Gasteiger partial charge in [0, 0.05) is 22.8 Å². The molecule has 0 aliphatic carbocycles. The molecule has 0 fully saturated rings. The van der Waals surface area contributed by atoms with Gasteiger partial charge in [-0.15, -0.1) is 0 Å². The van der Waals surface area contributed by atoms with Gasteiger partial charge in [-0.1, -0.05) is 16.2 Å². The van der Waals surface area contributed by atoms with E-state index >= 15 is 0 Å². The van der Waals surface area contributed by atoms with Crippen molar-refractivity contribution in [3.63, 3.8) is 0 Å².